The van der Waals surface area contributed by atoms with Crippen LogP contribution in [-0.4, -0.2) is 15.3 Å². The molecule has 0 spiro atoms. The molecule has 0 amide bonds. The zero-order chi connectivity index (χ0) is 11.3. The van der Waals surface area contributed by atoms with Gasteiger partial charge in [-0.15, -0.1) is 0 Å². The van der Waals surface area contributed by atoms with Gasteiger partial charge in [-0.05, 0) is 18.9 Å². The molecule has 0 fully saturated rings. The van der Waals surface area contributed by atoms with Crippen molar-refractivity contribution in [2.24, 2.45) is 0 Å². The van der Waals surface area contributed by atoms with Crippen molar-refractivity contribution in [1.29, 1.82) is 0 Å². The van der Waals surface area contributed by atoms with Gasteiger partial charge in [0.25, 0.3) is 0 Å². The predicted molar refractivity (Wildman–Crippen MR) is 59.3 cm³/mol. The molecule has 1 aromatic carbocycles. The molecular weight excluding hydrogens is 192 g/mol. The maximum atomic E-state index is 9.52. The molecule has 84 valence electrons. The quantitative estimate of drug-likeness (QED) is 0.398. The minimum absolute atomic E-state index is 0.00390. The van der Waals surface area contributed by atoms with E-state index in [9.17, 15) is 15.3 Å². The van der Waals surface area contributed by atoms with Crippen molar-refractivity contribution < 1.29 is 15.3 Å². The summed E-state index contributed by atoms with van der Waals surface area (Å²) in [6, 6.07) is 2.64. The smallest absolute Gasteiger partial charge is 0.161 e. The SMILES string of the molecule is CCCCCCc1cc(O)cc(O)c1O. The number of hydrogen-bond acceptors (Lipinski definition) is 3. The summed E-state index contributed by atoms with van der Waals surface area (Å²) in [6.45, 7) is 2.14. The van der Waals surface area contributed by atoms with Gasteiger partial charge in [0.2, 0.25) is 0 Å². The van der Waals surface area contributed by atoms with E-state index in [1.54, 1.807) is 0 Å². The number of phenols is 3. The lowest BCUT2D eigenvalue weighted by Crippen LogP contribution is -1.87. The highest BCUT2D eigenvalue weighted by atomic mass is 16.3. The molecule has 0 heterocycles. The highest BCUT2D eigenvalue weighted by Crippen LogP contribution is 2.33. The Bertz CT molecular complexity index is 321. The first kappa shape index (κ1) is 11.7. The third-order valence-electron chi connectivity index (χ3n) is 2.45. The highest BCUT2D eigenvalue weighted by molar-refractivity contribution is 5.49. The van der Waals surface area contributed by atoms with E-state index in [0.717, 1.165) is 25.3 Å². The summed E-state index contributed by atoms with van der Waals surface area (Å²) in [5.74, 6) is -0.361. The first-order valence-corrected chi connectivity index (χ1v) is 5.39. The van der Waals surface area contributed by atoms with Gasteiger partial charge in [0, 0.05) is 11.6 Å². The zero-order valence-corrected chi connectivity index (χ0v) is 9.03. The van der Waals surface area contributed by atoms with Gasteiger partial charge in [-0.25, -0.2) is 0 Å². The molecule has 0 aliphatic carbocycles. The third-order valence-corrected chi connectivity index (χ3v) is 2.45. The lowest BCUT2D eigenvalue weighted by molar-refractivity contribution is 0.391. The van der Waals surface area contributed by atoms with Gasteiger partial charge in [-0.3, -0.25) is 0 Å². The van der Waals surface area contributed by atoms with Gasteiger partial charge in [-0.2, -0.15) is 0 Å². The van der Waals surface area contributed by atoms with Crippen LogP contribution in [0.1, 0.15) is 38.2 Å². The molecule has 0 bridgehead atoms. The molecule has 3 nitrogen and oxygen atoms in total. The lowest BCUT2D eigenvalue weighted by Gasteiger charge is -2.06. The minimum Gasteiger partial charge on any atom is -0.508 e. The Morgan fingerprint density at radius 1 is 1.00 bits per heavy atom. The molecule has 3 heteroatoms. The molecule has 0 aliphatic heterocycles. The van der Waals surface area contributed by atoms with Crippen LogP contribution in [0.3, 0.4) is 0 Å². The summed E-state index contributed by atoms with van der Waals surface area (Å²) in [5, 5.41) is 28.0. The second-order valence-corrected chi connectivity index (χ2v) is 3.78. The van der Waals surface area contributed by atoms with E-state index in [0.29, 0.717) is 12.0 Å². The lowest BCUT2D eigenvalue weighted by atomic mass is 10.0. The number of aromatic hydroxyl groups is 3. The number of aryl methyl sites for hydroxylation is 1. The van der Waals surface area contributed by atoms with E-state index in [2.05, 4.69) is 6.92 Å². The number of benzene rings is 1. The van der Waals surface area contributed by atoms with Crippen molar-refractivity contribution in [2.75, 3.05) is 0 Å². The second kappa shape index (κ2) is 5.49. The van der Waals surface area contributed by atoms with Crippen LogP contribution in [0.15, 0.2) is 12.1 Å². The fourth-order valence-electron chi connectivity index (χ4n) is 1.59. The largest absolute Gasteiger partial charge is 0.508 e. The molecule has 0 radical (unpaired) electrons. The fourth-order valence-corrected chi connectivity index (χ4v) is 1.59. The van der Waals surface area contributed by atoms with Gasteiger partial charge in [-0.1, -0.05) is 26.2 Å². The second-order valence-electron chi connectivity index (χ2n) is 3.78. The van der Waals surface area contributed by atoms with Crippen molar-refractivity contribution in [3.05, 3.63) is 17.7 Å². The normalized spacial score (nSPS) is 10.5. The summed E-state index contributed by atoms with van der Waals surface area (Å²) in [4.78, 5) is 0. The average molecular weight is 210 g/mol. The number of hydrogen-bond donors (Lipinski definition) is 3. The molecule has 0 saturated carbocycles. The van der Waals surface area contributed by atoms with Gasteiger partial charge in [0.15, 0.2) is 11.5 Å². The summed E-state index contributed by atoms with van der Waals surface area (Å²) in [7, 11) is 0. The van der Waals surface area contributed by atoms with Gasteiger partial charge in [0.1, 0.15) is 5.75 Å². The summed E-state index contributed by atoms with van der Waals surface area (Å²) >= 11 is 0. The molecule has 0 unspecified atom stereocenters. The van der Waals surface area contributed by atoms with Crippen molar-refractivity contribution in [3.8, 4) is 17.2 Å². The summed E-state index contributed by atoms with van der Waals surface area (Å²) < 4.78 is 0. The molecule has 0 atom stereocenters. The van der Waals surface area contributed by atoms with E-state index in [-0.39, 0.29) is 17.2 Å². The van der Waals surface area contributed by atoms with Crippen LogP contribution in [0.4, 0.5) is 0 Å². The van der Waals surface area contributed by atoms with Crippen LogP contribution < -0.4 is 0 Å². The first-order chi connectivity index (χ1) is 7.15. The Balaban J connectivity index is 2.60. The van der Waals surface area contributed by atoms with Crippen LogP contribution in [0.25, 0.3) is 0 Å². The predicted octanol–water partition coefficient (Wildman–Crippen LogP) is 2.93. The molecule has 15 heavy (non-hydrogen) atoms. The van der Waals surface area contributed by atoms with Gasteiger partial charge >= 0.3 is 0 Å². The highest BCUT2D eigenvalue weighted by Gasteiger charge is 2.08. The van der Waals surface area contributed by atoms with Crippen LogP contribution in [0.5, 0.6) is 17.2 Å². The Morgan fingerprint density at radius 2 is 1.73 bits per heavy atom. The molecule has 1 aromatic rings. The van der Waals surface area contributed by atoms with Crippen molar-refractivity contribution in [3.63, 3.8) is 0 Å². The molecule has 1 rings (SSSR count). The summed E-state index contributed by atoms with van der Waals surface area (Å²) in [6.07, 6.45) is 5.09. The number of unbranched alkanes of at least 4 members (excludes halogenated alkanes) is 3. The standard InChI is InChI=1S/C12H18O3/c1-2-3-4-5-6-9-7-10(13)8-11(14)12(9)15/h7-8,13-15H,2-6H2,1H3. The molecule has 0 aromatic heterocycles. The summed E-state index contributed by atoms with van der Waals surface area (Å²) in [5.41, 5.74) is 0.614. The van der Waals surface area contributed by atoms with Gasteiger partial charge in [0.05, 0.1) is 0 Å². The van der Waals surface area contributed by atoms with E-state index in [1.807, 2.05) is 0 Å². The van der Waals surface area contributed by atoms with Gasteiger partial charge < -0.3 is 15.3 Å². The van der Waals surface area contributed by atoms with E-state index < -0.39 is 0 Å². The molecule has 0 aliphatic rings. The van der Waals surface area contributed by atoms with E-state index in [1.165, 1.54) is 12.5 Å². The zero-order valence-electron chi connectivity index (χ0n) is 9.03. The van der Waals surface area contributed by atoms with Crippen LogP contribution >= 0.6 is 0 Å². The fraction of sp³-hybridized carbons (Fsp3) is 0.500. The molecule has 3 N–H and O–H groups in total. The minimum atomic E-state index is -0.250. The topological polar surface area (TPSA) is 60.7 Å². The van der Waals surface area contributed by atoms with Crippen LogP contribution in [-0.2, 0) is 6.42 Å². The molecular formula is C12H18O3. The van der Waals surface area contributed by atoms with Crippen molar-refractivity contribution in [1.82, 2.24) is 0 Å². The van der Waals surface area contributed by atoms with E-state index >= 15 is 0 Å². The maximum absolute atomic E-state index is 9.52. The Hall–Kier alpha value is -1.38. The Kier molecular flexibility index (Phi) is 4.28. The van der Waals surface area contributed by atoms with Crippen LogP contribution in [0.2, 0.25) is 0 Å². The van der Waals surface area contributed by atoms with Crippen LogP contribution in [0, 0.1) is 0 Å². The maximum Gasteiger partial charge on any atom is 0.161 e. The number of rotatable bonds is 5. The third kappa shape index (κ3) is 3.35. The monoisotopic (exact) mass is 210 g/mol. The van der Waals surface area contributed by atoms with Crippen molar-refractivity contribution >= 4 is 0 Å². The van der Waals surface area contributed by atoms with Crippen molar-refractivity contribution in [2.45, 2.75) is 39.0 Å². The van der Waals surface area contributed by atoms with E-state index in [4.69, 9.17) is 0 Å². The number of phenolic OH excluding ortho intramolecular Hbond substituents is 3. The first-order valence-electron chi connectivity index (χ1n) is 5.39. The Morgan fingerprint density at radius 3 is 2.40 bits per heavy atom. The average Bonchev–Trinajstić information content (AvgIpc) is 2.19. The molecule has 0 saturated heterocycles. The Labute approximate surface area is 90.0 Å².